The van der Waals surface area contributed by atoms with Gasteiger partial charge >= 0.3 is 18.4 Å². The lowest BCUT2D eigenvalue weighted by Gasteiger charge is -2.33. The molecule has 2 amide bonds. The van der Waals surface area contributed by atoms with E-state index in [1.807, 2.05) is 0 Å². The fourth-order valence-corrected chi connectivity index (χ4v) is 3.63. The zero-order valence-corrected chi connectivity index (χ0v) is 15.5. The Morgan fingerprint density at radius 2 is 1.83 bits per heavy atom. The normalized spacial score (nSPS) is 20.9. The van der Waals surface area contributed by atoms with Crippen molar-refractivity contribution in [2.24, 2.45) is 11.3 Å². The van der Waals surface area contributed by atoms with Crippen LogP contribution in [-0.2, 0) is 16.1 Å². The number of likely N-dealkylation sites (tertiary alicyclic amines) is 1. The number of hydrogen-bond acceptors (Lipinski definition) is 5. The number of nitrogens with one attached hydrogen (secondary N) is 1. The quantitative estimate of drug-likeness (QED) is 0.728. The number of halogens is 6. The molecule has 1 atom stereocenters. The number of carbonyl (C=O) groups is 2. The second-order valence-corrected chi connectivity index (χ2v) is 7.39. The van der Waals surface area contributed by atoms with E-state index < -0.39 is 30.0 Å². The average molecular weight is 440 g/mol. The molecule has 1 saturated heterocycles. The molecule has 2 heterocycles. The number of aromatic nitrogens is 2. The highest BCUT2D eigenvalue weighted by Crippen LogP contribution is 2.59. The van der Waals surface area contributed by atoms with E-state index in [0.717, 1.165) is 4.90 Å². The van der Waals surface area contributed by atoms with Crippen LogP contribution in [0.5, 0.6) is 0 Å². The summed E-state index contributed by atoms with van der Waals surface area (Å²) in [5.74, 6) is -0.545. The molecule has 3 rings (SSSR count). The van der Waals surface area contributed by atoms with Gasteiger partial charge in [-0.15, -0.1) is 0 Å². The molecule has 1 N–H and O–H groups in total. The Hall–Kier alpha value is -2.60. The van der Waals surface area contributed by atoms with Crippen molar-refractivity contribution in [3.63, 3.8) is 0 Å². The molecule has 1 aromatic heterocycles. The van der Waals surface area contributed by atoms with Gasteiger partial charge in [-0.25, -0.2) is 4.79 Å². The Morgan fingerprint density at radius 1 is 1.20 bits per heavy atom. The van der Waals surface area contributed by atoms with Crippen LogP contribution in [-0.4, -0.2) is 58.6 Å². The van der Waals surface area contributed by atoms with Crippen LogP contribution in [0.15, 0.2) is 18.3 Å². The molecule has 1 aromatic rings. The van der Waals surface area contributed by atoms with E-state index in [4.69, 9.17) is 0 Å². The first-order chi connectivity index (χ1) is 13.9. The summed E-state index contributed by atoms with van der Waals surface area (Å²) in [7, 11) is 0. The van der Waals surface area contributed by atoms with Crippen LogP contribution in [0.25, 0.3) is 0 Å². The van der Waals surface area contributed by atoms with Crippen molar-refractivity contribution in [1.82, 2.24) is 20.4 Å². The van der Waals surface area contributed by atoms with Crippen LogP contribution in [0.2, 0.25) is 0 Å². The van der Waals surface area contributed by atoms with E-state index in [2.05, 4.69) is 20.3 Å². The third kappa shape index (κ3) is 4.93. The average Bonchev–Trinajstić information content (AvgIpc) is 3.37. The second-order valence-electron chi connectivity index (χ2n) is 7.39. The third-order valence-corrected chi connectivity index (χ3v) is 5.41. The van der Waals surface area contributed by atoms with E-state index in [1.165, 1.54) is 6.20 Å². The number of amides is 2. The van der Waals surface area contributed by atoms with Crippen molar-refractivity contribution in [2.75, 3.05) is 13.1 Å². The molecule has 1 unspecified atom stereocenters. The molecule has 2 aliphatic rings. The standard InChI is InChI=1S/C17H18F6N4O3/c18-16(19,20)13(17(21,22)23)30-14(29)27-6-3-15(4-7-27)8-11(15)12(28)24-9-10-2-1-5-25-26-10/h1-2,5,11,13H,3-4,6-9H2,(H,24,28). The summed E-state index contributed by atoms with van der Waals surface area (Å²) in [6.45, 7) is 0.0123. The number of hydrogen-bond donors (Lipinski definition) is 1. The zero-order valence-electron chi connectivity index (χ0n) is 15.5. The smallest absolute Gasteiger partial charge is 0.426 e. The van der Waals surface area contributed by atoms with Gasteiger partial charge in [-0.05, 0) is 36.8 Å². The monoisotopic (exact) mass is 440 g/mol. The minimum atomic E-state index is -5.76. The summed E-state index contributed by atoms with van der Waals surface area (Å²) < 4.78 is 79.0. The Morgan fingerprint density at radius 3 is 2.37 bits per heavy atom. The number of ether oxygens (including phenoxy) is 1. The predicted molar refractivity (Wildman–Crippen MR) is 87.6 cm³/mol. The highest BCUT2D eigenvalue weighted by molar-refractivity contribution is 5.82. The summed E-state index contributed by atoms with van der Waals surface area (Å²) in [5, 5.41) is 10.3. The van der Waals surface area contributed by atoms with Gasteiger partial charge in [-0.2, -0.15) is 36.5 Å². The zero-order chi connectivity index (χ0) is 22.2. The number of rotatable bonds is 4. The van der Waals surface area contributed by atoms with Crippen molar-refractivity contribution >= 4 is 12.0 Å². The number of alkyl halides is 6. The van der Waals surface area contributed by atoms with E-state index in [0.29, 0.717) is 12.1 Å². The summed E-state index contributed by atoms with van der Waals surface area (Å²) in [6.07, 6.45) is -14.8. The molecule has 1 saturated carbocycles. The minimum absolute atomic E-state index is 0.0881. The van der Waals surface area contributed by atoms with Gasteiger partial charge in [0.2, 0.25) is 5.91 Å². The Balaban J connectivity index is 1.49. The summed E-state index contributed by atoms with van der Waals surface area (Å²) in [4.78, 5) is 24.9. The fourth-order valence-electron chi connectivity index (χ4n) is 3.63. The highest BCUT2D eigenvalue weighted by Gasteiger charge is 2.61. The fraction of sp³-hybridized carbons (Fsp3) is 0.647. The molecule has 7 nitrogen and oxygen atoms in total. The van der Waals surface area contributed by atoms with Crippen LogP contribution in [0.3, 0.4) is 0 Å². The molecule has 1 aliphatic heterocycles. The van der Waals surface area contributed by atoms with E-state index in [9.17, 15) is 35.9 Å². The lowest BCUT2D eigenvalue weighted by molar-refractivity contribution is -0.308. The molecular formula is C17H18F6N4O3. The van der Waals surface area contributed by atoms with Crippen LogP contribution in [0, 0.1) is 11.3 Å². The molecule has 2 fully saturated rings. The Kier molecular flexibility index (Phi) is 5.83. The molecular weight excluding hydrogens is 422 g/mol. The summed E-state index contributed by atoms with van der Waals surface area (Å²) >= 11 is 0. The van der Waals surface area contributed by atoms with Gasteiger partial charge in [0.1, 0.15) is 0 Å². The molecule has 0 aromatic carbocycles. The largest absolute Gasteiger partial charge is 0.434 e. The van der Waals surface area contributed by atoms with Crippen molar-refractivity contribution in [3.8, 4) is 0 Å². The first-order valence-corrected chi connectivity index (χ1v) is 9.06. The number of nitrogens with zero attached hydrogens (tertiary/aromatic N) is 3. The number of carbonyl (C=O) groups excluding carboxylic acids is 2. The predicted octanol–water partition coefficient (Wildman–Crippen LogP) is 2.82. The van der Waals surface area contributed by atoms with Crippen LogP contribution in [0.4, 0.5) is 31.1 Å². The second kappa shape index (κ2) is 7.91. The van der Waals surface area contributed by atoms with Gasteiger partial charge in [0.15, 0.2) is 0 Å². The van der Waals surface area contributed by atoms with Crippen molar-refractivity contribution in [2.45, 2.75) is 44.3 Å². The molecule has 0 radical (unpaired) electrons. The van der Waals surface area contributed by atoms with Crippen LogP contribution >= 0.6 is 0 Å². The molecule has 13 heteroatoms. The van der Waals surface area contributed by atoms with Crippen molar-refractivity contribution in [1.29, 1.82) is 0 Å². The van der Waals surface area contributed by atoms with E-state index in [-0.39, 0.29) is 44.3 Å². The maximum Gasteiger partial charge on any atom is 0.434 e. The molecule has 166 valence electrons. The molecule has 0 bridgehead atoms. The van der Waals surface area contributed by atoms with Gasteiger partial charge in [-0.3, -0.25) is 4.79 Å². The van der Waals surface area contributed by atoms with E-state index >= 15 is 0 Å². The van der Waals surface area contributed by atoms with Crippen LogP contribution < -0.4 is 5.32 Å². The highest BCUT2D eigenvalue weighted by atomic mass is 19.4. The van der Waals surface area contributed by atoms with Gasteiger partial charge in [-0.1, -0.05) is 0 Å². The SMILES string of the molecule is O=C(NCc1cccnn1)C1CC12CCN(C(=O)OC(C(F)(F)F)C(F)(F)F)CC2. The molecule has 30 heavy (non-hydrogen) atoms. The maximum atomic E-state index is 12.5. The maximum absolute atomic E-state index is 12.5. The Labute approximate surface area is 166 Å². The van der Waals surface area contributed by atoms with Gasteiger partial charge < -0.3 is 15.0 Å². The van der Waals surface area contributed by atoms with Crippen LogP contribution in [0.1, 0.15) is 25.0 Å². The van der Waals surface area contributed by atoms with Crippen molar-refractivity contribution in [3.05, 3.63) is 24.0 Å². The van der Waals surface area contributed by atoms with Gasteiger partial charge in [0.05, 0.1) is 12.2 Å². The van der Waals surface area contributed by atoms with E-state index in [1.54, 1.807) is 12.1 Å². The third-order valence-electron chi connectivity index (χ3n) is 5.41. The topological polar surface area (TPSA) is 84.4 Å². The first-order valence-electron chi connectivity index (χ1n) is 9.06. The first kappa shape index (κ1) is 22.1. The summed E-state index contributed by atoms with van der Waals surface area (Å²) in [5.41, 5.74) is 0.165. The number of piperidine rings is 1. The van der Waals surface area contributed by atoms with Gasteiger partial charge in [0, 0.05) is 25.2 Å². The lowest BCUT2D eigenvalue weighted by Crippen LogP contribution is -2.49. The summed E-state index contributed by atoms with van der Waals surface area (Å²) in [6, 6.07) is 3.36. The van der Waals surface area contributed by atoms with Gasteiger partial charge in [0.25, 0.3) is 6.10 Å². The minimum Gasteiger partial charge on any atom is -0.426 e. The lowest BCUT2D eigenvalue weighted by atomic mass is 9.91. The molecule has 1 spiro atoms. The molecule has 1 aliphatic carbocycles. The Bertz CT molecular complexity index is 764. The van der Waals surface area contributed by atoms with Crippen molar-refractivity contribution < 1.29 is 40.7 Å².